The van der Waals surface area contributed by atoms with Crippen LogP contribution in [-0.4, -0.2) is 33.7 Å². The van der Waals surface area contributed by atoms with Gasteiger partial charge in [-0.1, -0.05) is 48.5 Å². The molecule has 1 aromatic heterocycles. The predicted molar refractivity (Wildman–Crippen MR) is 119 cm³/mol. The molecule has 1 fully saturated rings. The number of hydrogen-bond acceptors (Lipinski definition) is 5. The van der Waals surface area contributed by atoms with Crippen molar-refractivity contribution in [3.8, 4) is 17.2 Å². The summed E-state index contributed by atoms with van der Waals surface area (Å²) in [5, 5.41) is 8.73. The summed E-state index contributed by atoms with van der Waals surface area (Å²) in [5.74, 6) is 1.39. The van der Waals surface area contributed by atoms with E-state index in [0.29, 0.717) is 29.0 Å². The lowest BCUT2D eigenvalue weighted by molar-refractivity contribution is -0.127. The Bertz CT molecular complexity index is 1090. The molecule has 0 spiro atoms. The monoisotopic (exact) mass is 435 g/mol. The Morgan fingerprint density at radius 1 is 1.19 bits per heavy atom. The summed E-state index contributed by atoms with van der Waals surface area (Å²) >= 11 is 6.21. The number of hydrogen-bond donors (Lipinski definition) is 0. The van der Waals surface area contributed by atoms with Gasteiger partial charge in [0, 0.05) is 12.1 Å². The highest BCUT2D eigenvalue weighted by Gasteiger charge is 2.32. The van der Waals surface area contributed by atoms with Crippen molar-refractivity contribution in [3.63, 3.8) is 0 Å². The zero-order valence-corrected chi connectivity index (χ0v) is 17.7. The van der Waals surface area contributed by atoms with Gasteiger partial charge in [-0.05, 0) is 48.7 Å². The molecule has 0 N–H and O–H groups in total. The molecule has 0 atom stereocenters. The molecule has 0 saturated heterocycles. The van der Waals surface area contributed by atoms with Crippen LogP contribution in [0.2, 0.25) is 5.02 Å². The summed E-state index contributed by atoms with van der Waals surface area (Å²) in [7, 11) is 0. The summed E-state index contributed by atoms with van der Waals surface area (Å²) in [5.41, 5.74) is 1.58. The molecular weight excluding hydrogens is 414 g/mol. The van der Waals surface area contributed by atoms with Crippen LogP contribution in [0, 0.1) is 0 Å². The molecule has 31 heavy (non-hydrogen) atoms. The number of nitrogens with zero attached hydrogens (tertiary/aromatic N) is 3. The van der Waals surface area contributed by atoms with Crippen molar-refractivity contribution in [1.82, 2.24) is 15.1 Å². The van der Waals surface area contributed by atoms with Gasteiger partial charge in [-0.25, -0.2) is 0 Å². The number of halogens is 1. The van der Waals surface area contributed by atoms with Crippen molar-refractivity contribution >= 4 is 23.6 Å². The van der Waals surface area contributed by atoms with Crippen LogP contribution in [0.5, 0.6) is 5.75 Å². The highest BCUT2D eigenvalue weighted by molar-refractivity contribution is 6.33. The first-order valence-electron chi connectivity index (χ1n) is 10.0. The maximum absolute atomic E-state index is 12.8. The first kappa shape index (κ1) is 20.9. The van der Waals surface area contributed by atoms with Gasteiger partial charge in [-0.2, -0.15) is 0 Å². The number of carbonyl (C=O) groups excluding carboxylic acids is 1. The Hall–Kier alpha value is -3.38. The summed E-state index contributed by atoms with van der Waals surface area (Å²) in [6.07, 6.45) is 7.00. The van der Waals surface area contributed by atoms with Crippen molar-refractivity contribution in [2.75, 3.05) is 6.61 Å². The van der Waals surface area contributed by atoms with E-state index in [-0.39, 0.29) is 18.5 Å². The minimum atomic E-state index is -0.0908. The largest absolute Gasteiger partial charge is 0.490 e. The lowest BCUT2D eigenvalue weighted by Crippen LogP contribution is -2.31. The second kappa shape index (κ2) is 9.62. The smallest absolute Gasteiger partial charge is 0.249 e. The number of carbonyl (C=O) groups is 1. The number of ether oxygens (including phenoxy) is 1. The fourth-order valence-corrected chi connectivity index (χ4v) is 3.29. The van der Waals surface area contributed by atoms with Crippen LogP contribution >= 0.6 is 11.6 Å². The van der Waals surface area contributed by atoms with Gasteiger partial charge in [-0.3, -0.25) is 4.79 Å². The van der Waals surface area contributed by atoms with E-state index in [1.54, 1.807) is 29.2 Å². The van der Waals surface area contributed by atoms with E-state index >= 15 is 0 Å². The fraction of sp³-hybridized carbons (Fsp3) is 0.208. The summed E-state index contributed by atoms with van der Waals surface area (Å²) in [6.45, 7) is 4.35. The highest BCUT2D eigenvalue weighted by Crippen LogP contribution is 2.30. The molecule has 158 valence electrons. The van der Waals surface area contributed by atoms with Crippen LogP contribution in [0.3, 0.4) is 0 Å². The maximum atomic E-state index is 12.8. The lowest BCUT2D eigenvalue weighted by Gasteiger charge is -2.18. The molecule has 0 unspecified atom stereocenters. The van der Waals surface area contributed by atoms with Crippen LogP contribution in [0.15, 0.2) is 71.7 Å². The van der Waals surface area contributed by atoms with E-state index in [4.69, 9.17) is 20.8 Å². The van der Waals surface area contributed by atoms with Gasteiger partial charge >= 0.3 is 0 Å². The first-order valence-corrected chi connectivity index (χ1v) is 10.4. The van der Waals surface area contributed by atoms with Gasteiger partial charge in [0.05, 0.1) is 17.1 Å². The molecule has 1 amide bonds. The van der Waals surface area contributed by atoms with Crippen LogP contribution in [0.25, 0.3) is 17.5 Å². The number of benzene rings is 2. The molecule has 2 aromatic carbocycles. The molecule has 4 rings (SSSR count). The SMILES string of the molecule is C=CCOc1ccc(/C=C/C(=O)N(Cc2nnc(-c3ccccc3Cl)o2)C2CC2)cc1. The van der Waals surface area contributed by atoms with Crippen LogP contribution in [0.1, 0.15) is 24.3 Å². The van der Waals surface area contributed by atoms with E-state index in [2.05, 4.69) is 16.8 Å². The third-order valence-electron chi connectivity index (χ3n) is 4.81. The Kier molecular flexibility index (Phi) is 6.48. The Labute approximate surface area is 185 Å². The average molecular weight is 436 g/mol. The molecule has 0 aliphatic heterocycles. The van der Waals surface area contributed by atoms with E-state index in [0.717, 1.165) is 24.2 Å². The normalized spacial score (nSPS) is 13.3. The van der Waals surface area contributed by atoms with Crippen molar-refractivity contribution < 1.29 is 13.9 Å². The van der Waals surface area contributed by atoms with Gasteiger partial charge in [0.2, 0.25) is 17.7 Å². The van der Waals surface area contributed by atoms with E-state index in [1.807, 2.05) is 42.5 Å². The zero-order chi connectivity index (χ0) is 21.6. The average Bonchev–Trinajstić information content (AvgIpc) is 3.53. The van der Waals surface area contributed by atoms with Crippen LogP contribution < -0.4 is 4.74 Å². The van der Waals surface area contributed by atoms with Gasteiger partial charge in [-0.15, -0.1) is 10.2 Å². The third-order valence-corrected chi connectivity index (χ3v) is 5.14. The molecule has 1 saturated carbocycles. The molecule has 7 heteroatoms. The van der Waals surface area contributed by atoms with Gasteiger partial charge in [0.25, 0.3) is 0 Å². The Morgan fingerprint density at radius 3 is 2.68 bits per heavy atom. The second-order valence-corrected chi connectivity index (χ2v) is 7.59. The first-order chi connectivity index (χ1) is 15.1. The molecule has 0 radical (unpaired) electrons. The molecular formula is C24H22ClN3O3. The summed E-state index contributed by atoms with van der Waals surface area (Å²) in [4.78, 5) is 14.6. The number of rotatable bonds is 9. The second-order valence-electron chi connectivity index (χ2n) is 7.18. The van der Waals surface area contributed by atoms with Gasteiger partial charge < -0.3 is 14.1 Å². The van der Waals surface area contributed by atoms with E-state index in [1.165, 1.54) is 0 Å². The zero-order valence-electron chi connectivity index (χ0n) is 16.9. The third kappa shape index (κ3) is 5.41. The van der Waals surface area contributed by atoms with Crippen molar-refractivity contribution in [1.29, 1.82) is 0 Å². The van der Waals surface area contributed by atoms with Crippen molar-refractivity contribution in [2.24, 2.45) is 0 Å². The van der Waals surface area contributed by atoms with Gasteiger partial charge in [0.15, 0.2) is 0 Å². The molecule has 1 aliphatic carbocycles. The Morgan fingerprint density at radius 2 is 1.97 bits per heavy atom. The molecule has 3 aromatic rings. The minimum Gasteiger partial charge on any atom is -0.490 e. The van der Waals surface area contributed by atoms with Crippen molar-refractivity contribution in [3.05, 3.63) is 83.7 Å². The maximum Gasteiger partial charge on any atom is 0.249 e. The molecule has 6 nitrogen and oxygen atoms in total. The molecule has 1 heterocycles. The topological polar surface area (TPSA) is 68.5 Å². The number of amides is 1. The van der Waals surface area contributed by atoms with E-state index < -0.39 is 0 Å². The van der Waals surface area contributed by atoms with E-state index in [9.17, 15) is 4.79 Å². The minimum absolute atomic E-state index is 0.0908. The molecule has 1 aliphatic rings. The van der Waals surface area contributed by atoms with Gasteiger partial charge in [0.1, 0.15) is 12.4 Å². The summed E-state index contributed by atoms with van der Waals surface area (Å²) < 4.78 is 11.2. The highest BCUT2D eigenvalue weighted by atomic mass is 35.5. The Balaban J connectivity index is 1.42. The fourth-order valence-electron chi connectivity index (χ4n) is 3.07. The summed E-state index contributed by atoms with van der Waals surface area (Å²) in [6, 6.07) is 15.0. The lowest BCUT2D eigenvalue weighted by atomic mass is 10.2. The standard InChI is InChI=1S/C24H22ClN3O3/c1-2-15-30-19-12-7-17(8-13-19)9-14-23(29)28(18-10-11-18)16-22-26-27-24(31-22)20-5-3-4-6-21(20)25/h2-9,12-14,18H,1,10-11,15-16H2/b14-9+. The van der Waals surface area contributed by atoms with Crippen molar-refractivity contribution in [2.45, 2.75) is 25.4 Å². The predicted octanol–water partition coefficient (Wildman–Crippen LogP) is 5.16. The molecule has 0 bridgehead atoms. The number of aromatic nitrogens is 2. The quantitative estimate of drug-likeness (QED) is 0.343. The van der Waals surface area contributed by atoms with Crippen LogP contribution in [-0.2, 0) is 11.3 Å². The van der Waals surface area contributed by atoms with Crippen LogP contribution in [0.4, 0.5) is 0 Å².